The smallest absolute Gasteiger partial charge is 0.338 e. The standard InChI is InChI=1S/C24H17F6N3O2S.2C22H17ClFN3O2S/c1-31-36(34,35)21-5-3-2-4-17(21)14-6-10-19-20(13-14)33-22(32-19)11-7-15-12-16(23(25,26)27)8-9-18(15)24(28,29)30;1-25-30(28,29)20-8-3-2-6-16(20)15-9-11-18-19(13-15)27-21(26-18)12-10-14-5-4-7-17(23)22(14)24;1-25-30(28,29)21-8-3-2-5-15(21)14-9-11-19-20(13-14)27-22(26-19)12-10-16-17(23)6-4-7-18(16)24/h2-13,31H,1H3,(H,32,33);2*2-13,25H,1H3,(H,26,27)/b11-7+;2*12-10+. The number of rotatable bonds is 15. The normalized spacial score (nSPS) is 12.5. The molecule has 0 aliphatic heterocycles. The zero-order valence-electron chi connectivity index (χ0n) is 50.1. The number of fused-ring (bicyclic) bond motifs is 3. The molecule has 3 aromatic heterocycles. The summed E-state index contributed by atoms with van der Waals surface area (Å²) in [6.45, 7) is 0. The third-order valence-electron chi connectivity index (χ3n) is 14.7. The molecule has 12 aromatic rings. The first-order valence-electron chi connectivity index (χ1n) is 28.4. The number of hydrogen-bond acceptors (Lipinski definition) is 9. The molecule has 0 unspecified atom stereocenters. The number of sulfonamides is 3. The lowest BCUT2D eigenvalue weighted by Gasteiger charge is -2.13. The third kappa shape index (κ3) is 15.7. The molecule has 12 rings (SSSR count). The number of benzene rings is 9. The molecule has 6 N–H and O–H groups in total. The van der Waals surface area contributed by atoms with Crippen molar-refractivity contribution in [3.8, 4) is 33.4 Å². The van der Waals surface area contributed by atoms with Crippen LogP contribution >= 0.6 is 23.2 Å². The Balaban J connectivity index is 0.000000157. The number of imidazole rings is 3. The van der Waals surface area contributed by atoms with Crippen molar-refractivity contribution in [3.63, 3.8) is 0 Å². The van der Waals surface area contributed by atoms with E-state index in [1.165, 1.54) is 39.3 Å². The van der Waals surface area contributed by atoms with E-state index in [0.29, 0.717) is 84.8 Å². The number of H-pyrrole nitrogens is 3. The Morgan fingerprint density at radius 3 is 1.19 bits per heavy atom. The van der Waals surface area contributed by atoms with Crippen LogP contribution in [0.3, 0.4) is 0 Å². The largest absolute Gasteiger partial charge is 0.416 e. The first-order valence-corrected chi connectivity index (χ1v) is 33.6. The average Bonchev–Trinajstić information content (AvgIpc) is 1.23. The van der Waals surface area contributed by atoms with Gasteiger partial charge in [-0.05, 0) is 165 Å². The van der Waals surface area contributed by atoms with E-state index >= 15 is 0 Å². The monoisotopic (exact) mass is 1410 g/mol. The van der Waals surface area contributed by atoms with E-state index < -0.39 is 70.7 Å². The van der Waals surface area contributed by atoms with Crippen molar-refractivity contribution in [2.24, 2.45) is 0 Å². The van der Waals surface area contributed by atoms with Crippen molar-refractivity contribution in [2.75, 3.05) is 21.1 Å². The fourth-order valence-electron chi connectivity index (χ4n) is 9.93. The number of halogens is 10. The molecule has 3 heterocycles. The Labute approximate surface area is 554 Å². The zero-order valence-corrected chi connectivity index (χ0v) is 54.0. The Kier molecular flexibility index (Phi) is 20.4. The maximum absolute atomic E-state index is 14.0. The number of alkyl halides is 6. The van der Waals surface area contributed by atoms with Gasteiger partial charge in [-0.3, -0.25) is 0 Å². The topological polar surface area (TPSA) is 225 Å². The highest BCUT2D eigenvalue weighted by molar-refractivity contribution is 7.90. The van der Waals surface area contributed by atoms with Gasteiger partial charge in [-0.2, -0.15) is 26.3 Å². The van der Waals surface area contributed by atoms with Crippen LogP contribution in [0.5, 0.6) is 0 Å². The van der Waals surface area contributed by atoms with E-state index in [4.69, 9.17) is 23.2 Å². The second-order valence-electron chi connectivity index (χ2n) is 20.7. The summed E-state index contributed by atoms with van der Waals surface area (Å²) >= 11 is 11.9. The van der Waals surface area contributed by atoms with Crippen molar-refractivity contribution < 1.29 is 60.4 Å². The quantitative estimate of drug-likeness (QED) is 0.0536. The summed E-state index contributed by atoms with van der Waals surface area (Å²) in [7, 11) is -6.92. The van der Waals surface area contributed by atoms with Crippen LogP contribution in [0.4, 0.5) is 35.1 Å². The van der Waals surface area contributed by atoms with E-state index in [9.17, 15) is 60.4 Å². The van der Waals surface area contributed by atoms with Crippen LogP contribution < -0.4 is 14.2 Å². The number of nitrogens with one attached hydrogen (secondary N) is 6. The predicted octanol–water partition coefficient (Wildman–Crippen LogP) is 16.5. The summed E-state index contributed by atoms with van der Waals surface area (Å²) in [5.41, 5.74) is 4.87. The fourth-order valence-corrected chi connectivity index (χ4v) is 13.2. The second-order valence-corrected chi connectivity index (χ2v) is 27.1. The van der Waals surface area contributed by atoms with E-state index in [1.54, 1.807) is 146 Å². The van der Waals surface area contributed by atoms with Gasteiger partial charge in [0.15, 0.2) is 0 Å². The predicted molar refractivity (Wildman–Crippen MR) is 359 cm³/mol. The van der Waals surface area contributed by atoms with Crippen LogP contribution in [0.2, 0.25) is 10.0 Å². The Morgan fingerprint density at radius 2 is 0.792 bits per heavy atom. The molecule has 0 saturated heterocycles. The molecule has 0 aliphatic carbocycles. The number of nitrogens with zero attached hydrogens (tertiary/aromatic N) is 3. The number of aromatic amines is 3. The van der Waals surface area contributed by atoms with Crippen molar-refractivity contribution in [3.05, 3.63) is 249 Å². The number of hydrogen-bond donors (Lipinski definition) is 6. The average molecular weight is 1410 g/mol. The van der Waals surface area contributed by atoms with E-state index in [2.05, 4.69) is 44.1 Å². The molecule has 0 saturated carbocycles. The summed E-state index contributed by atoms with van der Waals surface area (Å²) in [4.78, 5) is 22.8. The first-order chi connectivity index (χ1) is 45.6. The Bertz CT molecular complexity index is 5370. The van der Waals surface area contributed by atoms with Gasteiger partial charge in [-0.1, -0.05) is 120 Å². The molecule has 0 fully saturated rings. The van der Waals surface area contributed by atoms with Gasteiger partial charge in [-0.25, -0.2) is 63.2 Å². The van der Waals surface area contributed by atoms with Crippen LogP contribution in [0.25, 0.3) is 103 Å². The van der Waals surface area contributed by atoms with Gasteiger partial charge in [0, 0.05) is 27.8 Å². The minimum absolute atomic E-state index is 0.0516. The molecular weight excluding hydrogens is 1360 g/mol. The third-order valence-corrected chi connectivity index (χ3v) is 19.7. The maximum atomic E-state index is 14.0. The molecule has 9 aromatic carbocycles. The highest BCUT2D eigenvalue weighted by Crippen LogP contribution is 2.39. The van der Waals surface area contributed by atoms with Gasteiger partial charge in [0.1, 0.15) is 29.1 Å². The molecule has 0 amide bonds. The molecule has 15 nitrogen and oxygen atoms in total. The fraction of sp³-hybridized carbons (Fsp3) is 0.0735. The summed E-state index contributed by atoms with van der Waals surface area (Å²) in [5.74, 6) is 0.259. The highest BCUT2D eigenvalue weighted by atomic mass is 35.5. The van der Waals surface area contributed by atoms with Crippen LogP contribution in [0.1, 0.15) is 45.3 Å². The van der Waals surface area contributed by atoms with Gasteiger partial charge in [-0.15, -0.1) is 0 Å². The van der Waals surface area contributed by atoms with Crippen LogP contribution in [-0.2, 0) is 42.4 Å². The summed E-state index contributed by atoms with van der Waals surface area (Å²) in [5, 5.41) is 0.369. The van der Waals surface area contributed by atoms with Crippen molar-refractivity contribution in [1.29, 1.82) is 0 Å². The van der Waals surface area contributed by atoms with Gasteiger partial charge in [0.05, 0.1) is 69.0 Å². The van der Waals surface area contributed by atoms with Crippen LogP contribution in [-0.4, -0.2) is 76.3 Å². The van der Waals surface area contributed by atoms with Gasteiger partial charge in [0.2, 0.25) is 30.1 Å². The summed E-state index contributed by atoms with van der Waals surface area (Å²) < 4.78 is 188. The van der Waals surface area contributed by atoms with E-state index in [0.717, 1.165) is 34.3 Å². The SMILES string of the molecule is CNS(=O)(=O)c1ccccc1-c1ccc2nc(/C=C/c3c(F)cccc3Cl)[nH]c2c1.CNS(=O)(=O)c1ccccc1-c1ccc2nc(/C=C/c3cc(C(F)(F)F)ccc3C(F)(F)F)[nH]c2c1.CNS(=O)(=O)c1ccccc1-c1ccc2nc(/C=C/c3cccc(Cl)c3F)[nH]c2c1. The molecular formula is C68H51Cl2F8N9O6S3. The van der Waals surface area contributed by atoms with Crippen molar-refractivity contribution >= 4 is 123 Å². The molecule has 492 valence electrons. The number of aromatic nitrogens is 6. The van der Waals surface area contributed by atoms with Gasteiger partial charge in [0.25, 0.3) is 0 Å². The first kappa shape index (κ1) is 69.2. The minimum atomic E-state index is -4.85. The Morgan fingerprint density at radius 1 is 0.406 bits per heavy atom. The molecule has 0 aliphatic rings. The lowest BCUT2D eigenvalue weighted by Crippen LogP contribution is -2.19. The molecule has 0 atom stereocenters. The minimum Gasteiger partial charge on any atom is -0.338 e. The lowest BCUT2D eigenvalue weighted by molar-refractivity contribution is -0.141. The van der Waals surface area contributed by atoms with Gasteiger partial charge >= 0.3 is 12.4 Å². The van der Waals surface area contributed by atoms with E-state index in [-0.39, 0.29) is 31.1 Å². The summed E-state index contributed by atoms with van der Waals surface area (Å²) in [6.07, 6.45) is -1.15. The van der Waals surface area contributed by atoms with Crippen molar-refractivity contribution in [1.82, 2.24) is 44.1 Å². The maximum Gasteiger partial charge on any atom is 0.416 e. The molecule has 28 heteroatoms. The summed E-state index contributed by atoms with van der Waals surface area (Å²) in [6, 6.07) is 46.1. The molecule has 96 heavy (non-hydrogen) atoms. The zero-order chi connectivity index (χ0) is 68.9. The van der Waals surface area contributed by atoms with Gasteiger partial charge < -0.3 is 15.0 Å². The van der Waals surface area contributed by atoms with Crippen molar-refractivity contribution in [2.45, 2.75) is 27.0 Å². The van der Waals surface area contributed by atoms with Crippen LogP contribution in [0.15, 0.2) is 197 Å². The Hall–Kier alpha value is -9.64. The molecule has 0 bridgehead atoms. The van der Waals surface area contributed by atoms with E-state index in [1.807, 2.05) is 24.3 Å². The molecule has 0 radical (unpaired) electrons. The molecule has 0 spiro atoms. The lowest BCUT2D eigenvalue weighted by atomic mass is 10.0. The highest BCUT2D eigenvalue weighted by Gasteiger charge is 2.36. The second kappa shape index (κ2) is 28.4. The van der Waals surface area contributed by atoms with Crippen LogP contribution in [0, 0.1) is 11.6 Å².